The zero-order valence-electron chi connectivity index (χ0n) is 12.2. The van der Waals surface area contributed by atoms with E-state index in [2.05, 4.69) is 0 Å². The number of carbonyl (C=O) groups is 2. The van der Waals surface area contributed by atoms with E-state index in [0.29, 0.717) is 19.5 Å². The summed E-state index contributed by atoms with van der Waals surface area (Å²) in [7, 11) is 1.80. The van der Waals surface area contributed by atoms with E-state index in [-0.39, 0.29) is 18.4 Å². The molecule has 6 heteroatoms. The lowest BCUT2D eigenvalue weighted by Gasteiger charge is -2.35. The second kappa shape index (κ2) is 6.58. The molecule has 1 amide bonds. The van der Waals surface area contributed by atoms with E-state index >= 15 is 0 Å². The third-order valence-electron chi connectivity index (χ3n) is 3.80. The number of piperazine rings is 1. The lowest BCUT2D eigenvalue weighted by molar-refractivity contribution is -0.137. The van der Waals surface area contributed by atoms with Gasteiger partial charge in [0.25, 0.3) is 0 Å². The van der Waals surface area contributed by atoms with Gasteiger partial charge in [-0.3, -0.25) is 9.59 Å². The maximum Gasteiger partial charge on any atom is 0.303 e. The molecule has 6 nitrogen and oxygen atoms in total. The van der Waals surface area contributed by atoms with Crippen LogP contribution in [0, 0.1) is 0 Å². The number of nitrogens with two attached hydrogens (primary N) is 1. The largest absolute Gasteiger partial charge is 0.481 e. The molecule has 3 N–H and O–H groups in total. The zero-order chi connectivity index (χ0) is 15.4. The third kappa shape index (κ3) is 3.72. The van der Waals surface area contributed by atoms with Crippen molar-refractivity contribution in [3.05, 3.63) is 29.8 Å². The van der Waals surface area contributed by atoms with Gasteiger partial charge in [-0.25, -0.2) is 0 Å². The minimum atomic E-state index is -0.849. The Balaban J connectivity index is 2.16. The van der Waals surface area contributed by atoms with Crippen LogP contribution in [-0.4, -0.2) is 48.6 Å². The molecule has 0 aliphatic carbocycles. The number of hydrogen-bond donors (Lipinski definition) is 2. The molecule has 0 bridgehead atoms. The summed E-state index contributed by atoms with van der Waals surface area (Å²) in [6.07, 6.45) is 0.422. The Bertz CT molecular complexity index is 533. The van der Waals surface area contributed by atoms with Crippen LogP contribution in [0.4, 0.5) is 5.69 Å². The fourth-order valence-corrected chi connectivity index (χ4v) is 2.49. The van der Waals surface area contributed by atoms with Crippen LogP contribution in [0.25, 0.3) is 0 Å². The number of hydrogen-bond acceptors (Lipinski definition) is 4. The monoisotopic (exact) mass is 291 g/mol. The Morgan fingerprint density at radius 2 is 2.10 bits per heavy atom. The van der Waals surface area contributed by atoms with Crippen LogP contribution in [0.2, 0.25) is 0 Å². The number of carboxylic acids is 1. The molecule has 1 heterocycles. The average molecular weight is 291 g/mol. The number of anilines is 1. The van der Waals surface area contributed by atoms with Gasteiger partial charge in [0.15, 0.2) is 0 Å². The summed E-state index contributed by atoms with van der Waals surface area (Å²) in [5.74, 6) is -0.770. The lowest BCUT2D eigenvalue weighted by atomic mass is 10.00. The van der Waals surface area contributed by atoms with Crippen molar-refractivity contribution >= 4 is 17.6 Å². The Kier molecular flexibility index (Phi) is 4.80. The van der Waals surface area contributed by atoms with Crippen molar-refractivity contribution in [1.82, 2.24) is 4.90 Å². The molecular formula is C15H21N3O3. The van der Waals surface area contributed by atoms with Crippen molar-refractivity contribution in [3.8, 4) is 0 Å². The summed E-state index contributed by atoms with van der Waals surface area (Å²) in [5, 5.41) is 8.78. The summed E-state index contributed by atoms with van der Waals surface area (Å²) in [4.78, 5) is 26.3. The van der Waals surface area contributed by atoms with Crippen molar-refractivity contribution in [3.63, 3.8) is 0 Å². The number of amides is 1. The van der Waals surface area contributed by atoms with Gasteiger partial charge in [-0.2, -0.15) is 0 Å². The molecule has 1 saturated heterocycles. The van der Waals surface area contributed by atoms with E-state index in [1.807, 2.05) is 29.2 Å². The van der Waals surface area contributed by atoms with Gasteiger partial charge in [-0.15, -0.1) is 0 Å². The van der Waals surface area contributed by atoms with E-state index in [9.17, 15) is 9.59 Å². The van der Waals surface area contributed by atoms with Crippen LogP contribution in [0.1, 0.15) is 24.4 Å². The van der Waals surface area contributed by atoms with Crippen molar-refractivity contribution in [1.29, 1.82) is 0 Å². The number of nitrogens with zero attached hydrogens (tertiary/aromatic N) is 2. The van der Waals surface area contributed by atoms with Gasteiger partial charge in [0.2, 0.25) is 5.91 Å². The quantitative estimate of drug-likeness (QED) is 0.839. The first-order valence-corrected chi connectivity index (χ1v) is 7.04. The Morgan fingerprint density at radius 1 is 1.38 bits per heavy atom. The van der Waals surface area contributed by atoms with E-state index in [1.165, 1.54) is 0 Å². The van der Waals surface area contributed by atoms with Gasteiger partial charge < -0.3 is 20.6 Å². The van der Waals surface area contributed by atoms with Crippen LogP contribution < -0.4 is 10.6 Å². The van der Waals surface area contributed by atoms with E-state index in [1.54, 1.807) is 11.9 Å². The lowest BCUT2D eigenvalue weighted by Crippen LogP contribution is -2.49. The molecular weight excluding hydrogens is 270 g/mol. The Morgan fingerprint density at radius 3 is 2.76 bits per heavy atom. The minimum absolute atomic E-state index is 0.0389. The number of aliphatic carboxylic acids is 1. The number of benzene rings is 1. The molecule has 2 rings (SSSR count). The van der Waals surface area contributed by atoms with Crippen LogP contribution >= 0.6 is 0 Å². The van der Waals surface area contributed by atoms with Gasteiger partial charge in [-0.05, 0) is 18.1 Å². The fourth-order valence-electron chi connectivity index (χ4n) is 2.49. The smallest absolute Gasteiger partial charge is 0.303 e. The fraction of sp³-hybridized carbons (Fsp3) is 0.467. The van der Waals surface area contributed by atoms with Crippen LogP contribution in [0.3, 0.4) is 0 Å². The van der Waals surface area contributed by atoms with Crippen LogP contribution in [0.5, 0.6) is 0 Å². The molecule has 1 aromatic carbocycles. The number of likely N-dealkylation sites (N-methyl/N-ethyl adjacent to an activating group) is 1. The maximum absolute atomic E-state index is 11.8. The zero-order valence-corrected chi connectivity index (χ0v) is 12.2. The maximum atomic E-state index is 11.8. The topological polar surface area (TPSA) is 86.9 Å². The summed E-state index contributed by atoms with van der Waals surface area (Å²) in [5.41, 5.74) is 7.95. The molecule has 1 aromatic rings. The highest BCUT2D eigenvalue weighted by Gasteiger charge is 2.24. The SMILES string of the molecule is CN1CCN(c2ccccc2C(N)CCC(=O)O)CC1=O. The second-order valence-electron chi connectivity index (χ2n) is 5.33. The Hall–Kier alpha value is -2.08. The second-order valence-corrected chi connectivity index (χ2v) is 5.33. The summed E-state index contributed by atoms with van der Waals surface area (Å²) < 4.78 is 0. The number of carboxylic acid groups (broad SMARTS) is 1. The summed E-state index contributed by atoms with van der Waals surface area (Å²) in [6, 6.07) is 7.30. The van der Waals surface area contributed by atoms with Crippen molar-refractivity contribution in [2.45, 2.75) is 18.9 Å². The molecule has 0 spiro atoms. The number of para-hydroxylation sites is 1. The molecule has 0 saturated carbocycles. The van der Waals surface area contributed by atoms with Crippen LogP contribution in [0.15, 0.2) is 24.3 Å². The molecule has 1 aliphatic rings. The highest BCUT2D eigenvalue weighted by molar-refractivity contribution is 5.83. The first-order valence-electron chi connectivity index (χ1n) is 7.04. The third-order valence-corrected chi connectivity index (χ3v) is 3.80. The van der Waals surface area contributed by atoms with E-state index < -0.39 is 5.97 Å². The molecule has 21 heavy (non-hydrogen) atoms. The van der Waals surface area contributed by atoms with Gasteiger partial charge in [0.1, 0.15) is 0 Å². The number of rotatable bonds is 5. The molecule has 0 radical (unpaired) electrons. The molecule has 1 atom stereocenters. The first-order chi connectivity index (χ1) is 9.99. The predicted octanol–water partition coefficient (Wildman–Crippen LogP) is 0.830. The molecule has 1 fully saturated rings. The van der Waals surface area contributed by atoms with Gasteiger partial charge in [0, 0.05) is 38.3 Å². The number of carbonyl (C=O) groups excluding carboxylic acids is 1. The van der Waals surface area contributed by atoms with E-state index in [0.717, 1.165) is 17.8 Å². The summed E-state index contributed by atoms with van der Waals surface area (Å²) in [6.45, 7) is 1.77. The Labute approximate surface area is 124 Å². The normalized spacial score (nSPS) is 17.0. The first kappa shape index (κ1) is 15.3. The van der Waals surface area contributed by atoms with Gasteiger partial charge in [-0.1, -0.05) is 18.2 Å². The molecule has 0 aromatic heterocycles. The minimum Gasteiger partial charge on any atom is -0.481 e. The molecule has 1 aliphatic heterocycles. The summed E-state index contributed by atoms with van der Waals surface area (Å²) >= 11 is 0. The average Bonchev–Trinajstić information content (AvgIpc) is 2.47. The van der Waals surface area contributed by atoms with Crippen molar-refractivity contribution in [2.75, 3.05) is 31.6 Å². The molecule has 114 valence electrons. The van der Waals surface area contributed by atoms with Crippen molar-refractivity contribution < 1.29 is 14.7 Å². The molecule has 1 unspecified atom stereocenters. The van der Waals surface area contributed by atoms with Gasteiger partial charge >= 0.3 is 5.97 Å². The highest BCUT2D eigenvalue weighted by Crippen LogP contribution is 2.28. The standard InChI is InChI=1S/C15H21N3O3/c1-17-8-9-18(10-14(17)19)13-5-3-2-4-11(13)12(16)6-7-15(20)21/h2-5,12H,6-10,16H2,1H3,(H,20,21). The van der Waals surface area contributed by atoms with E-state index in [4.69, 9.17) is 10.8 Å². The predicted molar refractivity (Wildman–Crippen MR) is 80.1 cm³/mol. The van der Waals surface area contributed by atoms with Crippen molar-refractivity contribution in [2.24, 2.45) is 5.73 Å². The van der Waals surface area contributed by atoms with Gasteiger partial charge in [0.05, 0.1) is 6.54 Å². The van der Waals surface area contributed by atoms with Crippen LogP contribution in [-0.2, 0) is 9.59 Å². The highest BCUT2D eigenvalue weighted by atomic mass is 16.4.